The van der Waals surface area contributed by atoms with Crippen LogP contribution in [0.25, 0.3) is 57.3 Å². The van der Waals surface area contributed by atoms with E-state index < -0.39 is 0 Å². The van der Waals surface area contributed by atoms with Crippen LogP contribution in [0.1, 0.15) is 57.7 Å². The number of hydrogen-bond acceptors (Lipinski definition) is 4. The van der Waals surface area contributed by atoms with Crippen LogP contribution < -0.4 is 0 Å². The Morgan fingerprint density at radius 3 is 1.68 bits per heavy atom. The average molecular weight is 527 g/mol. The molecule has 4 aromatic carbocycles. The first-order valence-corrected chi connectivity index (χ1v) is 13.8. The number of oxazole rings is 2. The molecule has 4 heteroatoms. The summed E-state index contributed by atoms with van der Waals surface area (Å²) in [6, 6.07) is 30.7. The van der Waals surface area contributed by atoms with Crippen molar-refractivity contribution in [3.05, 3.63) is 108 Å². The second-order valence-corrected chi connectivity index (χ2v) is 12.4. The standard InChI is InChI=1S/C36H34N2O2/c1-35(2,3)23-36(4,5)28-20-21-32-30(22-28)38-34(40-32)27-18-14-25(15-19-27)11-10-24-12-16-26(17-13-24)33-37-29-8-6-7-9-31(29)39-33/h6-22H,23H2,1-5H3/b11-10+. The number of para-hydroxylation sites is 2. The first-order valence-electron chi connectivity index (χ1n) is 13.8. The smallest absolute Gasteiger partial charge is 0.227 e. The lowest BCUT2D eigenvalue weighted by atomic mass is 9.72. The Balaban J connectivity index is 1.16. The molecule has 0 bridgehead atoms. The summed E-state index contributed by atoms with van der Waals surface area (Å²) in [5, 5.41) is 0. The molecule has 0 amide bonds. The Labute approximate surface area is 235 Å². The summed E-state index contributed by atoms with van der Waals surface area (Å²) in [6.45, 7) is 11.5. The molecule has 200 valence electrons. The molecule has 0 aliphatic carbocycles. The Kier molecular flexibility index (Phi) is 6.42. The highest BCUT2D eigenvalue weighted by molar-refractivity contribution is 5.79. The molecular formula is C36H34N2O2. The van der Waals surface area contributed by atoms with E-state index in [1.807, 2.05) is 36.4 Å². The summed E-state index contributed by atoms with van der Waals surface area (Å²) in [4.78, 5) is 9.41. The first-order chi connectivity index (χ1) is 19.1. The zero-order valence-electron chi connectivity index (χ0n) is 23.7. The van der Waals surface area contributed by atoms with E-state index in [0.717, 1.165) is 50.9 Å². The van der Waals surface area contributed by atoms with Crippen LogP contribution in [0.2, 0.25) is 0 Å². The summed E-state index contributed by atoms with van der Waals surface area (Å²) in [5.74, 6) is 1.28. The number of hydrogen-bond donors (Lipinski definition) is 0. The van der Waals surface area contributed by atoms with Gasteiger partial charge in [-0.05, 0) is 82.5 Å². The molecule has 4 nitrogen and oxygen atoms in total. The second kappa shape index (κ2) is 9.95. The van der Waals surface area contributed by atoms with E-state index in [2.05, 4.69) is 106 Å². The van der Waals surface area contributed by atoms with Crippen molar-refractivity contribution in [1.29, 1.82) is 0 Å². The lowest BCUT2D eigenvalue weighted by molar-refractivity contribution is 0.284. The van der Waals surface area contributed by atoms with Crippen molar-refractivity contribution in [3.8, 4) is 22.9 Å². The molecule has 0 fully saturated rings. The van der Waals surface area contributed by atoms with E-state index in [9.17, 15) is 0 Å². The number of nitrogens with zero attached hydrogens (tertiary/aromatic N) is 2. The minimum Gasteiger partial charge on any atom is -0.436 e. The lowest BCUT2D eigenvalue weighted by Crippen LogP contribution is -2.24. The molecule has 40 heavy (non-hydrogen) atoms. The van der Waals surface area contributed by atoms with Crippen molar-refractivity contribution in [2.75, 3.05) is 0 Å². The lowest BCUT2D eigenvalue weighted by Gasteiger charge is -2.32. The molecule has 6 aromatic rings. The zero-order valence-corrected chi connectivity index (χ0v) is 23.7. The third-order valence-electron chi connectivity index (χ3n) is 7.22. The van der Waals surface area contributed by atoms with Gasteiger partial charge in [-0.2, -0.15) is 0 Å². The SMILES string of the molecule is CC(C)(C)CC(C)(C)c1ccc2oc(-c3ccc(/C=C/c4ccc(-c5nc6ccccc6o5)cc4)cc3)nc2c1. The minimum absolute atomic E-state index is 0.0597. The van der Waals surface area contributed by atoms with Crippen molar-refractivity contribution in [2.45, 2.75) is 46.5 Å². The van der Waals surface area contributed by atoms with E-state index in [-0.39, 0.29) is 10.8 Å². The topological polar surface area (TPSA) is 52.1 Å². The second-order valence-electron chi connectivity index (χ2n) is 12.4. The van der Waals surface area contributed by atoms with Crippen LogP contribution in [0.4, 0.5) is 0 Å². The largest absolute Gasteiger partial charge is 0.436 e. The van der Waals surface area contributed by atoms with E-state index in [0.29, 0.717) is 11.8 Å². The van der Waals surface area contributed by atoms with Gasteiger partial charge in [-0.1, -0.05) is 89.2 Å². The fourth-order valence-electron chi connectivity index (χ4n) is 5.56. The van der Waals surface area contributed by atoms with Gasteiger partial charge in [0.2, 0.25) is 11.8 Å². The molecule has 0 unspecified atom stereocenters. The monoisotopic (exact) mass is 526 g/mol. The summed E-state index contributed by atoms with van der Waals surface area (Å²) < 4.78 is 12.0. The third kappa shape index (κ3) is 5.48. The average Bonchev–Trinajstić information content (AvgIpc) is 3.55. The normalized spacial score (nSPS) is 12.6. The Bertz CT molecular complexity index is 1780. The van der Waals surface area contributed by atoms with Crippen LogP contribution in [0, 0.1) is 5.41 Å². The number of benzene rings is 4. The van der Waals surface area contributed by atoms with E-state index in [1.165, 1.54) is 5.56 Å². The van der Waals surface area contributed by atoms with Crippen LogP contribution >= 0.6 is 0 Å². The van der Waals surface area contributed by atoms with Crippen LogP contribution in [0.5, 0.6) is 0 Å². The molecule has 0 radical (unpaired) electrons. The summed E-state index contributed by atoms with van der Waals surface area (Å²) in [5.41, 5.74) is 9.12. The van der Waals surface area contributed by atoms with E-state index >= 15 is 0 Å². The Morgan fingerprint density at radius 2 is 1.12 bits per heavy atom. The molecule has 0 aliphatic rings. The molecule has 6 rings (SSSR count). The summed E-state index contributed by atoms with van der Waals surface area (Å²) in [6.07, 6.45) is 5.30. The zero-order chi connectivity index (χ0) is 27.9. The van der Waals surface area contributed by atoms with Gasteiger partial charge in [0.15, 0.2) is 11.2 Å². The van der Waals surface area contributed by atoms with Gasteiger partial charge >= 0.3 is 0 Å². The van der Waals surface area contributed by atoms with Crippen molar-refractivity contribution in [1.82, 2.24) is 9.97 Å². The van der Waals surface area contributed by atoms with Crippen LogP contribution in [0.15, 0.2) is 99.8 Å². The maximum atomic E-state index is 6.12. The van der Waals surface area contributed by atoms with E-state index in [1.54, 1.807) is 0 Å². The molecule has 2 aromatic heterocycles. The number of aromatic nitrogens is 2. The van der Waals surface area contributed by atoms with Gasteiger partial charge < -0.3 is 8.83 Å². The fraction of sp³-hybridized carbons (Fsp3) is 0.222. The summed E-state index contributed by atoms with van der Waals surface area (Å²) >= 11 is 0. The number of fused-ring (bicyclic) bond motifs is 2. The highest BCUT2D eigenvalue weighted by Crippen LogP contribution is 2.37. The van der Waals surface area contributed by atoms with Crippen LogP contribution in [0.3, 0.4) is 0 Å². The molecule has 2 heterocycles. The van der Waals surface area contributed by atoms with Crippen LogP contribution in [-0.4, -0.2) is 9.97 Å². The van der Waals surface area contributed by atoms with Crippen molar-refractivity contribution in [2.24, 2.45) is 5.41 Å². The maximum Gasteiger partial charge on any atom is 0.227 e. The highest BCUT2D eigenvalue weighted by Gasteiger charge is 2.27. The molecule has 0 spiro atoms. The Hall–Kier alpha value is -4.44. The quantitative estimate of drug-likeness (QED) is 0.203. The number of rotatable bonds is 6. The highest BCUT2D eigenvalue weighted by atomic mass is 16.4. The molecule has 0 aliphatic heterocycles. The van der Waals surface area contributed by atoms with Gasteiger partial charge in [-0.25, -0.2) is 9.97 Å². The summed E-state index contributed by atoms with van der Waals surface area (Å²) in [7, 11) is 0. The van der Waals surface area contributed by atoms with Gasteiger partial charge in [-0.15, -0.1) is 0 Å². The molecule has 0 N–H and O–H groups in total. The fourth-order valence-corrected chi connectivity index (χ4v) is 5.56. The molecule has 0 saturated carbocycles. The predicted molar refractivity (Wildman–Crippen MR) is 165 cm³/mol. The molecule has 0 atom stereocenters. The Morgan fingerprint density at radius 1 is 0.600 bits per heavy atom. The first kappa shape index (κ1) is 25.8. The molecular weight excluding hydrogens is 492 g/mol. The maximum absolute atomic E-state index is 6.12. The van der Waals surface area contributed by atoms with Crippen molar-refractivity contribution < 1.29 is 8.83 Å². The molecule has 0 saturated heterocycles. The van der Waals surface area contributed by atoms with Gasteiger partial charge in [0, 0.05) is 11.1 Å². The van der Waals surface area contributed by atoms with Crippen molar-refractivity contribution in [3.63, 3.8) is 0 Å². The van der Waals surface area contributed by atoms with Gasteiger partial charge in [0.25, 0.3) is 0 Å². The third-order valence-corrected chi connectivity index (χ3v) is 7.22. The predicted octanol–water partition coefficient (Wildman–Crippen LogP) is 10.2. The van der Waals surface area contributed by atoms with Crippen molar-refractivity contribution >= 4 is 34.4 Å². The van der Waals surface area contributed by atoms with Crippen LogP contribution in [-0.2, 0) is 5.41 Å². The van der Waals surface area contributed by atoms with Gasteiger partial charge in [0.05, 0.1) is 0 Å². The van der Waals surface area contributed by atoms with E-state index in [4.69, 9.17) is 13.8 Å². The minimum atomic E-state index is 0.0597. The van der Waals surface area contributed by atoms with Gasteiger partial charge in [-0.3, -0.25) is 0 Å². The van der Waals surface area contributed by atoms with Gasteiger partial charge in [0.1, 0.15) is 11.0 Å².